The first kappa shape index (κ1) is 16.5. The van der Waals surface area contributed by atoms with Crippen LogP contribution in [0.15, 0.2) is 30.3 Å². The van der Waals surface area contributed by atoms with Gasteiger partial charge in [-0.3, -0.25) is 0 Å². The van der Waals surface area contributed by atoms with Gasteiger partial charge in [0.1, 0.15) is 0 Å². The topological polar surface area (TPSA) is 12.0 Å². The van der Waals surface area contributed by atoms with E-state index in [1.807, 2.05) is 0 Å². The first-order chi connectivity index (χ1) is 9.75. The molecule has 0 aliphatic heterocycles. The molecule has 0 amide bonds. The first-order valence-electron chi connectivity index (χ1n) is 8.56. The largest absolute Gasteiger partial charge is 0.307 e. The Hall–Kier alpha value is -0.820. The molecule has 1 N–H and O–H groups in total. The summed E-state index contributed by atoms with van der Waals surface area (Å²) in [5, 5.41) is 3.97. The second-order valence-electron chi connectivity index (χ2n) is 8.83. The van der Waals surface area contributed by atoms with Crippen molar-refractivity contribution in [1.29, 1.82) is 0 Å². The Morgan fingerprint density at radius 3 is 2.19 bits per heavy atom. The van der Waals surface area contributed by atoms with Gasteiger partial charge in [-0.15, -0.1) is 0 Å². The van der Waals surface area contributed by atoms with Crippen LogP contribution in [0.4, 0.5) is 0 Å². The zero-order chi connectivity index (χ0) is 15.5. The number of benzene rings is 1. The van der Waals surface area contributed by atoms with Crippen LogP contribution in [0.25, 0.3) is 0 Å². The minimum absolute atomic E-state index is 0.349. The van der Waals surface area contributed by atoms with Gasteiger partial charge in [0.2, 0.25) is 0 Å². The molecular formula is C20H33N. The van der Waals surface area contributed by atoms with Crippen molar-refractivity contribution in [3.05, 3.63) is 35.9 Å². The molecule has 1 fully saturated rings. The molecule has 1 heteroatoms. The van der Waals surface area contributed by atoms with E-state index in [1.54, 1.807) is 0 Å². The van der Waals surface area contributed by atoms with Crippen molar-refractivity contribution in [2.75, 3.05) is 0 Å². The molecule has 21 heavy (non-hydrogen) atoms. The molecule has 0 aromatic heterocycles. The molecule has 0 spiro atoms. The highest BCUT2D eigenvalue weighted by molar-refractivity contribution is 5.19. The zero-order valence-electron chi connectivity index (χ0n) is 14.6. The Balaban J connectivity index is 2.03. The van der Waals surface area contributed by atoms with Crippen molar-refractivity contribution in [2.45, 2.75) is 78.8 Å². The molecule has 1 aliphatic rings. The van der Waals surface area contributed by atoms with Crippen LogP contribution in [0.5, 0.6) is 0 Å². The highest BCUT2D eigenvalue weighted by Crippen LogP contribution is 2.37. The lowest BCUT2D eigenvalue weighted by Gasteiger charge is -2.38. The molecule has 1 aromatic carbocycles. The normalized spacial score (nSPS) is 21.2. The fraction of sp³-hybridized carbons (Fsp3) is 0.700. The van der Waals surface area contributed by atoms with Crippen molar-refractivity contribution in [1.82, 2.24) is 5.32 Å². The average Bonchev–Trinajstić information content (AvgIpc) is 2.40. The summed E-state index contributed by atoms with van der Waals surface area (Å²) in [7, 11) is 0. The second-order valence-corrected chi connectivity index (χ2v) is 8.83. The van der Waals surface area contributed by atoms with Gasteiger partial charge < -0.3 is 5.32 Å². The van der Waals surface area contributed by atoms with Crippen LogP contribution in [0.2, 0.25) is 0 Å². The standard InChI is InChI=1S/C20H33N/c1-19(2,3)15-18(16-9-7-6-8-10-16)21-17-11-13-20(4,5)14-12-17/h6-10,17-18,21H,11-15H2,1-5H3. The molecule has 1 saturated carbocycles. The van der Waals surface area contributed by atoms with Gasteiger partial charge in [0.05, 0.1) is 0 Å². The van der Waals surface area contributed by atoms with Crippen LogP contribution < -0.4 is 5.32 Å². The summed E-state index contributed by atoms with van der Waals surface area (Å²) in [6, 6.07) is 12.2. The van der Waals surface area contributed by atoms with Gasteiger partial charge in [0.25, 0.3) is 0 Å². The smallest absolute Gasteiger partial charge is 0.0327 e. The third-order valence-corrected chi connectivity index (χ3v) is 4.79. The van der Waals surface area contributed by atoms with E-state index < -0.39 is 0 Å². The van der Waals surface area contributed by atoms with Crippen LogP contribution >= 0.6 is 0 Å². The van der Waals surface area contributed by atoms with E-state index in [0.717, 1.165) is 0 Å². The summed E-state index contributed by atoms with van der Waals surface area (Å²) in [6.07, 6.45) is 6.53. The Morgan fingerprint density at radius 2 is 1.67 bits per heavy atom. The van der Waals surface area contributed by atoms with E-state index >= 15 is 0 Å². The molecule has 0 radical (unpaired) electrons. The quantitative estimate of drug-likeness (QED) is 0.746. The molecule has 2 rings (SSSR count). The number of hydrogen-bond donors (Lipinski definition) is 1. The minimum atomic E-state index is 0.349. The third-order valence-electron chi connectivity index (χ3n) is 4.79. The molecular weight excluding hydrogens is 254 g/mol. The molecule has 118 valence electrons. The highest BCUT2D eigenvalue weighted by atomic mass is 15.0. The molecule has 0 heterocycles. The van der Waals surface area contributed by atoms with E-state index in [9.17, 15) is 0 Å². The first-order valence-corrected chi connectivity index (χ1v) is 8.56. The Morgan fingerprint density at radius 1 is 1.10 bits per heavy atom. The maximum absolute atomic E-state index is 3.97. The molecule has 1 nitrogen and oxygen atoms in total. The lowest BCUT2D eigenvalue weighted by atomic mass is 9.75. The van der Waals surface area contributed by atoms with Crippen LogP contribution in [-0.4, -0.2) is 6.04 Å². The van der Waals surface area contributed by atoms with Crippen LogP contribution in [0, 0.1) is 10.8 Å². The summed E-state index contributed by atoms with van der Waals surface area (Å²) in [4.78, 5) is 0. The lowest BCUT2D eigenvalue weighted by molar-refractivity contribution is 0.187. The van der Waals surface area contributed by atoms with Crippen LogP contribution in [-0.2, 0) is 0 Å². The highest BCUT2D eigenvalue weighted by Gasteiger charge is 2.29. The lowest BCUT2D eigenvalue weighted by Crippen LogP contribution is -2.39. The van der Waals surface area contributed by atoms with E-state index in [4.69, 9.17) is 0 Å². The summed E-state index contributed by atoms with van der Waals surface area (Å²) < 4.78 is 0. The Labute approximate surface area is 131 Å². The van der Waals surface area contributed by atoms with Crippen molar-refractivity contribution >= 4 is 0 Å². The molecule has 0 saturated heterocycles. The van der Waals surface area contributed by atoms with Crippen molar-refractivity contribution < 1.29 is 0 Å². The SMILES string of the molecule is CC(C)(C)CC(NC1CCC(C)(C)CC1)c1ccccc1. The van der Waals surface area contributed by atoms with Gasteiger partial charge in [0.15, 0.2) is 0 Å². The van der Waals surface area contributed by atoms with Gasteiger partial charge in [-0.05, 0) is 48.5 Å². The maximum Gasteiger partial charge on any atom is 0.0327 e. The summed E-state index contributed by atoms with van der Waals surface area (Å²) in [5.41, 5.74) is 2.34. The fourth-order valence-corrected chi connectivity index (χ4v) is 3.42. The molecule has 1 aromatic rings. The van der Waals surface area contributed by atoms with Crippen molar-refractivity contribution in [3.8, 4) is 0 Å². The number of nitrogens with one attached hydrogen (secondary N) is 1. The number of rotatable bonds is 4. The Bertz CT molecular complexity index is 417. The van der Waals surface area contributed by atoms with Gasteiger partial charge in [-0.25, -0.2) is 0 Å². The van der Waals surface area contributed by atoms with Gasteiger partial charge in [-0.1, -0.05) is 65.0 Å². The summed E-state index contributed by atoms with van der Waals surface area (Å²) in [5.74, 6) is 0. The van der Waals surface area contributed by atoms with Gasteiger partial charge >= 0.3 is 0 Å². The number of hydrogen-bond acceptors (Lipinski definition) is 1. The Kier molecular flexibility index (Phi) is 5.14. The third kappa shape index (κ3) is 5.47. The van der Waals surface area contributed by atoms with E-state index in [2.05, 4.69) is 70.3 Å². The molecule has 1 atom stereocenters. The van der Waals surface area contributed by atoms with Crippen molar-refractivity contribution in [3.63, 3.8) is 0 Å². The zero-order valence-corrected chi connectivity index (χ0v) is 14.6. The van der Waals surface area contributed by atoms with Crippen LogP contribution in [0.1, 0.15) is 78.3 Å². The summed E-state index contributed by atoms with van der Waals surface area (Å²) >= 11 is 0. The minimum Gasteiger partial charge on any atom is -0.307 e. The van der Waals surface area contributed by atoms with Crippen LogP contribution in [0.3, 0.4) is 0 Å². The second kappa shape index (κ2) is 6.52. The van der Waals surface area contributed by atoms with E-state index in [0.29, 0.717) is 22.9 Å². The molecule has 0 bridgehead atoms. The fourth-order valence-electron chi connectivity index (χ4n) is 3.42. The predicted octanol–water partition coefficient (Wildman–Crippen LogP) is 5.72. The molecule has 1 unspecified atom stereocenters. The average molecular weight is 287 g/mol. The summed E-state index contributed by atoms with van der Waals surface area (Å²) in [6.45, 7) is 11.8. The van der Waals surface area contributed by atoms with E-state index in [1.165, 1.54) is 37.7 Å². The van der Waals surface area contributed by atoms with Gasteiger partial charge in [0, 0.05) is 12.1 Å². The maximum atomic E-state index is 3.97. The van der Waals surface area contributed by atoms with Crippen molar-refractivity contribution in [2.24, 2.45) is 10.8 Å². The predicted molar refractivity (Wildman–Crippen MR) is 92.4 cm³/mol. The van der Waals surface area contributed by atoms with E-state index in [-0.39, 0.29) is 0 Å². The van der Waals surface area contributed by atoms with Gasteiger partial charge in [-0.2, -0.15) is 0 Å². The monoisotopic (exact) mass is 287 g/mol. The molecule has 1 aliphatic carbocycles.